The zero-order valence-corrected chi connectivity index (χ0v) is 8.61. The number of aliphatic hydroxyl groups excluding tert-OH is 1. The van der Waals surface area contributed by atoms with Gasteiger partial charge in [0.2, 0.25) is 5.89 Å². The predicted molar refractivity (Wildman–Crippen MR) is 54.5 cm³/mol. The average Bonchev–Trinajstić information content (AvgIpc) is 2.69. The lowest BCUT2D eigenvalue weighted by molar-refractivity contribution is 0.263. The third-order valence-electron chi connectivity index (χ3n) is 1.95. The Morgan fingerprint density at radius 1 is 1.33 bits per heavy atom. The van der Waals surface area contributed by atoms with Crippen LogP contribution in [0, 0.1) is 0 Å². The summed E-state index contributed by atoms with van der Waals surface area (Å²) >= 11 is 5.98. The fourth-order valence-corrected chi connectivity index (χ4v) is 1.43. The smallest absolute Gasteiger partial charge is 0.231 e. The third-order valence-corrected chi connectivity index (χ3v) is 2.32. The van der Waals surface area contributed by atoms with Crippen molar-refractivity contribution in [2.45, 2.75) is 13.0 Å². The van der Waals surface area contributed by atoms with E-state index in [1.165, 1.54) is 0 Å². The summed E-state index contributed by atoms with van der Waals surface area (Å²) in [5, 5.41) is 13.0. The van der Waals surface area contributed by atoms with Crippen molar-refractivity contribution in [3.8, 4) is 0 Å². The van der Waals surface area contributed by atoms with Crippen LogP contribution in [0.15, 0.2) is 28.8 Å². The molecule has 1 heterocycles. The van der Waals surface area contributed by atoms with Gasteiger partial charge in [-0.05, 0) is 11.6 Å². The summed E-state index contributed by atoms with van der Waals surface area (Å²) in [5.74, 6) is 0.740. The molecule has 5 heteroatoms. The van der Waals surface area contributed by atoms with Gasteiger partial charge in [0.1, 0.15) is 6.61 Å². The summed E-state index contributed by atoms with van der Waals surface area (Å²) in [6.45, 7) is -0.216. The number of aliphatic hydroxyl groups is 1. The predicted octanol–water partition coefficient (Wildman–Crippen LogP) is 1.81. The molecule has 0 bridgehead atoms. The average molecular weight is 225 g/mol. The van der Waals surface area contributed by atoms with Gasteiger partial charge in [-0.15, -0.1) is 0 Å². The van der Waals surface area contributed by atoms with Crippen LogP contribution in [0.25, 0.3) is 0 Å². The quantitative estimate of drug-likeness (QED) is 0.864. The van der Waals surface area contributed by atoms with Crippen molar-refractivity contribution >= 4 is 11.6 Å². The van der Waals surface area contributed by atoms with E-state index in [2.05, 4.69) is 10.1 Å². The Hall–Kier alpha value is -1.39. The summed E-state index contributed by atoms with van der Waals surface area (Å²) < 4.78 is 4.93. The number of hydrogen-bond acceptors (Lipinski definition) is 4. The summed E-state index contributed by atoms with van der Waals surface area (Å²) in [6.07, 6.45) is 0.479. The van der Waals surface area contributed by atoms with Crippen LogP contribution in [0.3, 0.4) is 0 Å². The maximum Gasteiger partial charge on any atom is 0.231 e. The molecule has 0 saturated heterocycles. The summed E-state index contributed by atoms with van der Waals surface area (Å²) in [7, 11) is 0. The molecule has 15 heavy (non-hydrogen) atoms. The van der Waals surface area contributed by atoms with Gasteiger partial charge < -0.3 is 9.63 Å². The van der Waals surface area contributed by atoms with Crippen LogP contribution in [0.4, 0.5) is 0 Å². The highest BCUT2D eigenvalue weighted by Crippen LogP contribution is 2.17. The summed E-state index contributed by atoms with van der Waals surface area (Å²) in [6, 6.07) is 7.45. The molecule has 0 fully saturated rings. The lowest BCUT2D eigenvalue weighted by Gasteiger charge is -1.98. The molecule has 1 aromatic heterocycles. The van der Waals surface area contributed by atoms with Crippen molar-refractivity contribution in [3.05, 3.63) is 46.6 Å². The van der Waals surface area contributed by atoms with Crippen LogP contribution in [-0.2, 0) is 13.0 Å². The van der Waals surface area contributed by atoms with E-state index in [4.69, 9.17) is 21.2 Å². The molecule has 0 aliphatic carbocycles. The Balaban J connectivity index is 2.18. The van der Waals surface area contributed by atoms with Gasteiger partial charge in [0, 0.05) is 5.02 Å². The van der Waals surface area contributed by atoms with Crippen molar-refractivity contribution < 1.29 is 9.63 Å². The summed E-state index contributed by atoms with van der Waals surface area (Å²) in [4.78, 5) is 3.98. The van der Waals surface area contributed by atoms with Gasteiger partial charge in [0.05, 0.1) is 6.42 Å². The Morgan fingerprint density at radius 2 is 2.13 bits per heavy atom. The van der Waals surface area contributed by atoms with Crippen molar-refractivity contribution in [3.63, 3.8) is 0 Å². The Bertz CT molecular complexity index is 456. The van der Waals surface area contributed by atoms with Gasteiger partial charge in [-0.25, -0.2) is 0 Å². The molecule has 0 atom stereocenters. The standard InChI is InChI=1S/C10H9ClN2O2/c11-8-4-2-1-3-7(8)5-10-12-9(6-14)13-15-10/h1-4,14H,5-6H2. The van der Waals surface area contributed by atoms with Gasteiger partial charge >= 0.3 is 0 Å². The first kappa shape index (κ1) is 10.1. The minimum absolute atomic E-state index is 0.216. The first-order valence-corrected chi connectivity index (χ1v) is 4.83. The molecule has 0 amide bonds. The zero-order valence-electron chi connectivity index (χ0n) is 7.85. The monoisotopic (exact) mass is 224 g/mol. The Morgan fingerprint density at radius 3 is 2.80 bits per heavy atom. The molecule has 78 valence electrons. The zero-order chi connectivity index (χ0) is 10.7. The van der Waals surface area contributed by atoms with Crippen molar-refractivity contribution in [2.24, 2.45) is 0 Å². The molecule has 0 aliphatic heterocycles. The van der Waals surface area contributed by atoms with Crippen molar-refractivity contribution in [2.75, 3.05) is 0 Å². The largest absolute Gasteiger partial charge is 0.388 e. The molecular formula is C10H9ClN2O2. The molecule has 0 aliphatic rings. The molecule has 0 unspecified atom stereocenters. The molecule has 4 nitrogen and oxygen atoms in total. The summed E-state index contributed by atoms with van der Waals surface area (Å²) in [5.41, 5.74) is 0.923. The number of halogens is 1. The number of benzene rings is 1. The van der Waals surface area contributed by atoms with E-state index < -0.39 is 0 Å². The maximum absolute atomic E-state index is 8.76. The first-order valence-electron chi connectivity index (χ1n) is 4.45. The van der Waals surface area contributed by atoms with Crippen LogP contribution in [0.1, 0.15) is 17.3 Å². The third kappa shape index (κ3) is 2.34. The molecule has 0 radical (unpaired) electrons. The first-order chi connectivity index (χ1) is 7.29. The molecule has 1 N–H and O–H groups in total. The SMILES string of the molecule is OCc1noc(Cc2ccccc2Cl)n1. The Labute approximate surface area is 91.5 Å². The van der Waals surface area contributed by atoms with Crippen molar-refractivity contribution in [1.29, 1.82) is 0 Å². The topological polar surface area (TPSA) is 59.2 Å². The van der Waals surface area contributed by atoms with E-state index in [-0.39, 0.29) is 12.4 Å². The molecule has 0 saturated carbocycles. The maximum atomic E-state index is 8.76. The molecule has 2 rings (SSSR count). The molecule has 0 spiro atoms. The van der Waals surface area contributed by atoms with Gasteiger partial charge in [0.25, 0.3) is 0 Å². The van der Waals surface area contributed by atoms with E-state index in [0.29, 0.717) is 17.3 Å². The number of aromatic nitrogens is 2. The van der Waals surface area contributed by atoms with E-state index in [1.807, 2.05) is 18.2 Å². The second-order valence-electron chi connectivity index (χ2n) is 3.03. The molecule has 2 aromatic rings. The minimum Gasteiger partial charge on any atom is -0.388 e. The van der Waals surface area contributed by atoms with Gasteiger partial charge in [-0.3, -0.25) is 0 Å². The number of rotatable bonds is 3. The van der Waals surface area contributed by atoms with Gasteiger partial charge in [0.15, 0.2) is 5.82 Å². The van der Waals surface area contributed by atoms with Gasteiger partial charge in [-0.2, -0.15) is 4.98 Å². The van der Waals surface area contributed by atoms with E-state index >= 15 is 0 Å². The normalized spacial score (nSPS) is 10.5. The van der Waals surface area contributed by atoms with Crippen LogP contribution in [-0.4, -0.2) is 15.2 Å². The fourth-order valence-electron chi connectivity index (χ4n) is 1.23. The molecule has 1 aromatic carbocycles. The Kier molecular flexibility index (Phi) is 2.99. The van der Waals surface area contributed by atoms with Crippen LogP contribution < -0.4 is 0 Å². The second kappa shape index (κ2) is 4.42. The number of hydrogen-bond donors (Lipinski definition) is 1. The highest BCUT2D eigenvalue weighted by molar-refractivity contribution is 6.31. The highest BCUT2D eigenvalue weighted by Gasteiger charge is 2.07. The minimum atomic E-state index is -0.216. The fraction of sp³-hybridized carbons (Fsp3) is 0.200. The highest BCUT2D eigenvalue weighted by atomic mass is 35.5. The molecular weight excluding hydrogens is 216 g/mol. The second-order valence-corrected chi connectivity index (χ2v) is 3.44. The van der Waals surface area contributed by atoms with Gasteiger partial charge in [-0.1, -0.05) is 35.0 Å². The van der Waals surface area contributed by atoms with Crippen LogP contribution >= 0.6 is 11.6 Å². The lowest BCUT2D eigenvalue weighted by atomic mass is 10.1. The van der Waals surface area contributed by atoms with E-state index in [9.17, 15) is 0 Å². The van der Waals surface area contributed by atoms with Crippen LogP contribution in [0.5, 0.6) is 0 Å². The van der Waals surface area contributed by atoms with E-state index in [0.717, 1.165) is 5.56 Å². The number of nitrogens with zero attached hydrogens (tertiary/aromatic N) is 2. The lowest BCUT2D eigenvalue weighted by Crippen LogP contribution is -1.90. The van der Waals surface area contributed by atoms with Crippen LogP contribution in [0.2, 0.25) is 5.02 Å². The van der Waals surface area contributed by atoms with Crippen molar-refractivity contribution in [1.82, 2.24) is 10.1 Å². The van der Waals surface area contributed by atoms with E-state index in [1.54, 1.807) is 6.07 Å².